The summed E-state index contributed by atoms with van der Waals surface area (Å²) in [5, 5.41) is 16.7. The Morgan fingerprint density at radius 2 is 2.29 bits per heavy atom. The summed E-state index contributed by atoms with van der Waals surface area (Å²) >= 11 is 0. The first-order valence-corrected chi connectivity index (χ1v) is 6.20. The zero-order valence-electron chi connectivity index (χ0n) is 9.88. The van der Waals surface area contributed by atoms with Gasteiger partial charge in [0.2, 0.25) is 5.91 Å². The van der Waals surface area contributed by atoms with Crippen molar-refractivity contribution < 1.29 is 9.90 Å². The molecule has 1 amide bonds. The van der Waals surface area contributed by atoms with Gasteiger partial charge in [-0.25, -0.2) is 0 Å². The van der Waals surface area contributed by atoms with E-state index in [0.717, 1.165) is 25.7 Å². The molecular weight excluding hydrogens is 218 g/mol. The zero-order valence-corrected chi connectivity index (χ0v) is 9.88. The van der Waals surface area contributed by atoms with Gasteiger partial charge in [0.05, 0.1) is 12.1 Å². The van der Waals surface area contributed by atoms with E-state index in [1.165, 1.54) is 0 Å². The summed E-state index contributed by atoms with van der Waals surface area (Å²) in [5.41, 5.74) is 0. The molecule has 1 aromatic heterocycles. The molecule has 5 heteroatoms. The van der Waals surface area contributed by atoms with Crippen LogP contribution in [0.25, 0.3) is 0 Å². The van der Waals surface area contributed by atoms with Crippen LogP contribution >= 0.6 is 0 Å². The Balaban J connectivity index is 1.73. The molecule has 2 N–H and O–H groups in total. The number of hydrogen-bond donors (Lipinski definition) is 2. The second-order valence-corrected chi connectivity index (χ2v) is 4.54. The standard InChI is InChI=1S/C12H19N3O2/c16-11-5-2-1-4-10(11)14-12(17)6-9-15-8-3-7-13-15/h3,7-8,10-11,16H,1-2,4-6,9H2,(H,14,17)/t10-,11-/m1/s1. The van der Waals surface area contributed by atoms with E-state index in [9.17, 15) is 9.90 Å². The minimum Gasteiger partial charge on any atom is -0.391 e. The first-order chi connectivity index (χ1) is 8.25. The average molecular weight is 237 g/mol. The summed E-state index contributed by atoms with van der Waals surface area (Å²) in [5.74, 6) is -0.00792. The highest BCUT2D eigenvalue weighted by Crippen LogP contribution is 2.18. The number of nitrogens with zero attached hydrogens (tertiary/aromatic N) is 2. The zero-order chi connectivity index (χ0) is 12.1. The lowest BCUT2D eigenvalue weighted by Gasteiger charge is -2.28. The number of nitrogens with one attached hydrogen (secondary N) is 1. The Morgan fingerprint density at radius 3 is 3.00 bits per heavy atom. The van der Waals surface area contributed by atoms with Crippen LogP contribution in [-0.2, 0) is 11.3 Å². The van der Waals surface area contributed by atoms with Gasteiger partial charge in [-0.2, -0.15) is 5.10 Å². The number of aliphatic hydroxyl groups is 1. The summed E-state index contributed by atoms with van der Waals surface area (Å²) in [6, 6.07) is 1.77. The molecule has 0 bridgehead atoms. The van der Waals surface area contributed by atoms with Gasteiger partial charge in [-0.15, -0.1) is 0 Å². The van der Waals surface area contributed by atoms with Crippen molar-refractivity contribution in [2.24, 2.45) is 0 Å². The molecule has 0 radical (unpaired) electrons. The lowest BCUT2D eigenvalue weighted by molar-refractivity contribution is -0.123. The molecule has 1 aliphatic carbocycles. The van der Waals surface area contributed by atoms with Gasteiger partial charge in [0.1, 0.15) is 0 Å². The Hall–Kier alpha value is -1.36. The van der Waals surface area contributed by atoms with E-state index in [2.05, 4.69) is 10.4 Å². The van der Waals surface area contributed by atoms with Gasteiger partial charge in [-0.3, -0.25) is 9.48 Å². The minimum absolute atomic E-state index is 0.00792. The number of aryl methyl sites for hydroxylation is 1. The molecule has 2 atom stereocenters. The van der Waals surface area contributed by atoms with E-state index in [1.54, 1.807) is 10.9 Å². The first kappa shape index (κ1) is 12.1. The highest BCUT2D eigenvalue weighted by molar-refractivity contribution is 5.76. The third kappa shape index (κ3) is 3.56. The summed E-state index contributed by atoms with van der Waals surface area (Å²) in [6.07, 6.45) is 7.38. The van der Waals surface area contributed by atoms with Crippen molar-refractivity contribution in [3.63, 3.8) is 0 Å². The van der Waals surface area contributed by atoms with Crippen molar-refractivity contribution in [2.75, 3.05) is 0 Å². The highest BCUT2D eigenvalue weighted by atomic mass is 16.3. The van der Waals surface area contributed by atoms with Crippen molar-refractivity contribution in [1.29, 1.82) is 0 Å². The monoisotopic (exact) mass is 237 g/mol. The van der Waals surface area contributed by atoms with Gasteiger partial charge in [0.15, 0.2) is 0 Å². The lowest BCUT2D eigenvalue weighted by Crippen LogP contribution is -2.45. The Kier molecular flexibility index (Phi) is 4.14. The molecule has 1 heterocycles. The summed E-state index contributed by atoms with van der Waals surface area (Å²) in [4.78, 5) is 11.7. The van der Waals surface area contributed by atoms with Gasteiger partial charge in [0.25, 0.3) is 0 Å². The topological polar surface area (TPSA) is 67.2 Å². The van der Waals surface area contributed by atoms with Crippen LogP contribution in [-0.4, -0.2) is 32.9 Å². The normalized spacial score (nSPS) is 24.5. The van der Waals surface area contributed by atoms with Gasteiger partial charge in [-0.1, -0.05) is 12.8 Å². The third-order valence-electron chi connectivity index (χ3n) is 3.20. The Bertz CT molecular complexity index is 351. The van der Waals surface area contributed by atoms with Crippen molar-refractivity contribution >= 4 is 5.91 Å². The third-order valence-corrected chi connectivity index (χ3v) is 3.20. The molecule has 94 valence electrons. The highest BCUT2D eigenvalue weighted by Gasteiger charge is 2.24. The summed E-state index contributed by atoms with van der Waals surface area (Å²) in [6.45, 7) is 0.585. The van der Waals surface area contributed by atoms with Crippen LogP contribution in [0.15, 0.2) is 18.5 Å². The van der Waals surface area contributed by atoms with E-state index < -0.39 is 0 Å². The van der Waals surface area contributed by atoms with Crippen LogP contribution in [0, 0.1) is 0 Å². The molecule has 0 aromatic carbocycles. The van der Waals surface area contributed by atoms with E-state index in [1.807, 2.05) is 12.3 Å². The number of rotatable bonds is 4. The fourth-order valence-corrected chi connectivity index (χ4v) is 2.21. The van der Waals surface area contributed by atoms with Gasteiger partial charge in [-0.05, 0) is 18.9 Å². The van der Waals surface area contributed by atoms with Crippen molar-refractivity contribution in [2.45, 2.75) is 50.8 Å². The van der Waals surface area contributed by atoms with Crippen LogP contribution in [0.2, 0.25) is 0 Å². The molecule has 1 aliphatic rings. The molecule has 1 aromatic rings. The summed E-state index contributed by atoms with van der Waals surface area (Å²) < 4.78 is 1.73. The van der Waals surface area contributed by atoms with Crippen LogP contribution < -0.4 is 5.32 Å². The second kappa shape index (κ2) is 5.82. The Morgan fingerprint density at radius 1 is 1.47 bits per heavy atom. The quantitative estimate of drug-likeness (QED) is 0.809. The molecule has 0 unspecified atom stereocenters. The molecule has 5 nitrogen and oxygen atoms in total. The maximum atomic E-state index is 11.7. The number of aliphatic hydroxyl groups excluding tert-OH is 1. The van der Waals surface area contributed by atoms with Gasteiger partial charge < -0.3 is 10.4 Å². The maximum Gasteiger partial charge on any atom is 0.222 e. The molecule has 17 heavy (non-hydrogen) atoms. The molecule has 0 saturated heterocycles. The van der Waals surface area contributed by atoms with E-state index in [0.29, 0.717) is 13.0 Å². The number of hydrogen-bond acceptors (Lipinski definition) is 3. The molecule has 0 aliphatic heterocycles. The smallest absolute Gasteiger partial charge is 0.222 e. The van der Waals surface area contributed by atoms with Gasteiger partial charge in [0, 0.05) is 25.4 Å². The molecule has 2 rings (SSSR count). The van der Waals surface area contributed by atoms with E-state index in [-0.39, 0.29) is 18.1 Å². The predicted octanol–water partition coefficient (Wildman–Crippen LogP) is 0.693. The molecule has 1 fully saturated rings. The molecular formula is C12H19N3O2. The van der Waals surface area contributed by atoms with Gasteiger partial charge >= 0.3 is 0 Å². The maximum absolute atomic E-state index is 11.7. The lowest BCUT2D eigenvalue weighted by atomic mass is 9.92. The number of aromatic nitrogens is 2. The summed E-state index contributed by atoms with van der Waals surface area (Å²) in [7, 11) is 0. The van der Waals surface area contributed by atoms with Crippen LogP contribution in [0.4, 0.5) is 0 Å². The van der Waals surface area contributed by atoms with Crippen LogP contribution in [0.1, 0.15) is 32.1 Å². The SMILES string of the molecule is O=C(CCn1cccn1)N[C@@H]1CCCC[C@H]1O. The number of carbonyl (C=O) groups is 1. The average Bonchev–Trinajstić information content (AvgIpc) is 2.82. The largest absolute Gasteiger partial charge is 0.391 e. The molecule has 0 spiro atoms. The molecule has 1 saturated carbocycles. The predicted molar refractivity (Wildman–Crippen MR) is 63.2 cm³/mol. The fraction of sp³-hybridized carbons (Fsp3) is 0.667. The fourth-order valence-electron chi connectivity index (χ4n) is 2.21. The van der Waals surface area contributed by atoms with E-state index >= 15 is 0 Å². The minimum atomic E-state index is -0.377. The van der Waals surface area contributed by atoms with Crippen molar-refractivity contribution in [3.8, 4) is 0 Å². The second-order valence-electron chi connectivity index (χ2n) is 4.54. The number of carbonyl (C=O) groups excluding carboxylic acids is 1. The first-order valence-electron chi connectivity index (χ1n) is 6.20. The Labute approximate surface area is 101 Å². The van der Waals surface area contributed by atoms with Crippen LogP contribution in [0.5, 0.6) is 0 Å². The van der Waals surface area contributed by atoms with Crippen LogP contribution in [0.3, 0.4) is 0 Å². The van der Waals surface area contributed by atoms with Crippen molar-refractivity contribution in [1.82, 2.24) is 15.1 Å². The van der Waals surface area contributed by atoms with E-state index in [4.69, 9.17) is 0 Å². The van der Waals surface area contributed by atoms with Crippen molar-refractivity contribution in [3.05, 3.63) is 18.5 Å². The number of amides is 1.